The van der Waals surface area contributed by atoms with E-state index in [0.717, 1.165) is 10.2 Å². The fourth-order valence-electron chi connectivity index (χ4n) is 1.49. The molecule has 2 aromatic rings. The number of rotatable bonds is 4. The summed E-state index contributed by atoms with van der Waals surface area (Å²) in [4.78, 5) is 10.4. The molecule has 0 bridgehead atoms. The monoisotopic (exact) mass is 311 g/mol. The van der Waals surface area contributed by atoms with Gasteiger partial charge in [0.2, 0.25) is 0 Å². The first-order chi connectivity index (χ1) is 8.56. The molecule has 18 heavy (non-hydrogen) atoms. The summed E-state index contributed by atoms with van der Waals surface area (Å²) >= 11 is 3.28. The number of nitrogens with zero attached hydrogens (tertiary/aromatic N) is 2. The maximum Gasteiger partial charge on any atom is 0.292 e. The molecule has 0 aliphatic heterocycles. The average Bonchev–Trinajstić information content (AvgIpc) is 2.72. The Morgan fingerprint density at radius 1 is 1.50 bits per heavy atom. The summed E-state index contributed by atoms with van der Waals surface area (Å²) in [5.74, 6) is 0.627. The largest absolute Gasteiger partial charge is 0.372 e. The van der Waals surface area contributed by atoms with Gasteiger partial charge in [0.15, 0.2) is 5.76 Å². The smallest absolute Gasteiger partial charge is 0.292 e. The summed E-state index contributed by atoms with van der Waals surface area (Å²) in [6.07, 6.45) is 0. The highest BCUT2D eigenvalue weighted by Gasteiger charge is 2.14. The van der Waals surface area contributed by atoms with Gasteiger partial charge in [-0.3, -0.25) is 10.1 Å². The number of anilines is 1. The molecule has 6 nitrogen and oxygen atoms in total. The van der Waals surface area contributed by atoms with Crippen LogP contribution in [0.15, 0.2) is 33.3 Å². The van der Waals surface area contributed by atoms with Gasteiger partial charge in [-0.05, 0) is 19.1 Å². The molecule has 7 heteroatoms. The molecule has 0 aliphatic rings. The van der Waals surface area contributed by atoms with Gasteiger partial charge in [-0.15, -0.1) is 0 Å². The molecule has 0 radical (unpaired) electrons. The van der Waals surface area contributed by atoms with Crippen LogP contribution in [-0.4, -0.2) is 10.1 Å². The fourth-order valence-corrected chi connectivity index (χ4v) is 1.85. The maximum absolute atomic E-state index is 10.9. The Morgan fingerprint density at radius 3 is 2.89 bits per heavy atom. The zero-order chi connectivity index (χ0) is 13.1. The van der Waals surface area contributed by atoms with Crippen LogP contribution in [0.5, 0.6) is 0 Å². The molecule has 0 saturated heterocycles. The Labute approximate surface area is 111 Å². The molecule has 1 N–H and O–H groups in total. The van der Waals surface area contributed by atoms with Crippen molar-refractivity contribution in [3.8, 4) is 0 Å². The number of nitro benzene ring substituents is 1. The summed E-state index contributed by atoms with van der Waals surface area (Å²) in [5, 5.41) is 17.6. The first kappa shape index (κ1) is 12.6. The molecule has 0 spiro atoms. The summed E-state index contributed by atoms with van der Waals surface area (Å²) < 4.78 is 5.79. The third-order valence-electron chi connectivity index (χ3n) is 2.29. The topological polar surface area (TPSA) is 81.2 Å². The minimum atomic E-state index is -0.430. The summed E-state index contributed by atoms with van der Waals surface area (Å²) in [6, 6.07) is 6.50. The molecular formula is C11H10BrN3O3. The van der Waals surface area contributed by atoms with Crippen molar-refractivity contribution >= 4 is 27.3 Å². The Morgan fingerprint density at radius 2 is 2.28 bits per heavy atom. The van der Waals surface area contributed by atoms with Crippen LogP contribution in [0.3, 0.4) is 0 Å². The van der Waals surface area contributed by atoms with Crippen LogP contribution < -0.4 is 5.32 Å². The van der Waals surface area contributed by atoms with Crippen molar-refractivity contribution in [1.29, 1.82) is 0 Å². The first-order valence-electron chi connectivity index (χ1n) is 5.16. The van der Waals surface area contributed by atoms with E-state index in [1.807, 2.05) is 6.92 Å². The van der Waals surface area contributed by atoms with Crippen LogP contribution in [0.2, 0.25) is 0 Å². The van der Waals surface area contributed by atoms with Crippen molar-refractivity contribution in [2.75, 3.05) is 5.32 Å². The van der Waals surface area contributed by atoms with Crippen molar-refractivity contribution < 1.29 is 9.45 Å². The lowest BCUT2D eigenvalue weighted by atomic mass is 10.2. The molecule has 1 heterocycles. The quantitative estimate of drug-likeness (QED) is 0.692. The number of halogens is 1. The van der Waals surface area contributed by atoms with E-state index in [1.54, 1.807) is 18.2 Å². The lowest BCUT2D eigenvalue weighted by Gasteiger charge is -2.05. The molecular weight excluding hydrogens is 302 g/mol. The van der Waals surface area contributed by atoms with Gasteiger partial charge in [0.25, 0.3) is 5.69 Å². The molecule has 0 saturated carbocycles. The minimum Gasteiger partial charge on any atom is -0.372 e. The third kappa shape index (κ3) is 2.86. The number of hydrogen-bond donors (Lipinski definition) is 1. The van der Waals surface area contributed by atoms with E-state index in [4.69, 9.17) is 4.52 Å². The number of nitrogens with one attached hydrogen (secondary N) is 1. The Hall–Kier alpha value is -1.89. The average molecular weight is 312 g/mol. The van der Waals surface area contributed by atoms with Crippen LogP contribution in [-0.2, 0) is 6.54 Å². The molecule has 2 rings (SSSR count). The summed E-state index contributed by atoms with van der Waals surface area (Å²) in [5.41, 5.74) is 1.23. The third-order valence-corrected chi connectivity index (χ3v) is 2.78. The van der Waals surface area contributed by atoms with E-state index < -0.39 is 4.92 Å². The Bertz CT molecular complexity index is 583. The molecule has 0 aliphatic carbocycles. The molecule has 0 atom stereocenters. The van der Waals surface area contributed by atoms with Crippen LogP contribution >= 0.6 is 15.9 Å². The SMILES string of the molecule is Cc1cc(CNc2cc(Br)ccc2[N+](=O)[O-])on1. The second kappa shape index (κ2) is 5.18. The van der Waals surface area contributed by atoms with Crippen molar-refractivity contribution in [3.05, 3.63) is 50.3 Å². The van der Waals surface area contributed by atoms with Gasteiger partial charge in [-0.1, -0.05) is 21.1 Å². The van der Waals surface area contributed by atoms with E-state index in [0.29, 0.717) is 18.0 Å². The number of aromatic nitrogens is 1. The first-order valence-corrected chi connectivity index (χ1v) is 5.95. The Kier molecular flexibility index (Phi) is 3.61. The van der Waals surface area contributed by atoms with Gasteiger partial charge < -0.3 is 9.84 Å². The second-order valence-corrected chi connectivity index (χ2v) is 4.62. The van der Waals surface area contributed by atoms with Crippen molar-refractivity contribution in [2.45, 2.75) is 13.5 Å². The number of benzene rings is 1. The van der Waals surface area contributed by atoms with Gasteiger partial charge in [0.05, 0.1) is 17.2 Å². The highest BCUT2D eigenvalue weighted by Crippen LogP contribution is 2.28. The molecule has 94 valence electrons. The van der Waals surface area contributed by atoms with E-state index in [9.17, 15) is 10.1 Å². The highest BCUT2D eigenvalue weighted by molar-refractivity contribution is 9.10. The van der Waals surface area contributed by atoms with Gasteiger partial charge in [0, 0.05) is 16.6 Å². The lowest BCUT2D eigenvalue weighted by molar-refractivity contribution is -0.384. The standard InChI is InChI=1S/C11H10BrN3O3/c1-7-4-9(18-14-7)6-13-10-5-8(12)2-3-11(10)15(16)17/h2-5,13H,6H2,1H3. The molecule has 0 fully saturated rings. The fraction of sp³-hybridized carbons (Fsp3) is 0.182. The predicted molar refractivity (Wildman–Crippen MR) is 69.4 cm³/mol. The van der Waals surface area contributed by atoms with Crippen LogP contribution in [0.1, 0.15) is 11.5 Å². The van der Waals surface area contributed by atoms with Gasteiger partial charge >= 0.3 is 0 Å². The minimum absolute atomic E-state index is 0.0226. The zero-order valence-electron chi connectivity index (χ0n) is 9.51. The summed E-state index contributed by atoms with van der Waals surface area (Å²) in [6.45, 7) is 2.16. The number of nitro groups is 1. The summed E-state index contributed by atoms with van der Waals surface area (Å²) in [7, 11) is 0. The zero-order valence-corrected chi connectivity index (χ0v) is 11.1. The lowest BCUT2D eigenvalue weighted by Crippen LogP contribution is -2.01. The van der Waals surface area contributed by atoms with Crippen molar-refractivity contribution in [2.24, 2.45) is 0 Å². The van der Waals surface area contributed by atoms with E-state index in [2.05, 4.69) is 26.4 Å². The predicted octanol–water partition coefficient (Wildman–Crippen LogP) is 3.27. The van der Waals surface area contributed by atoms with Gasteiger partial charge in [-0.2, -0.15) is 0 Å². The van der Waals surface area contributed by atoms with Crippen molar-refractivity contribution in [1.82, 2.24) is 5.16 Å². The van der Waals surface area contributed by atoms with E-state index >= 15 is 0 Å². The van der Waals surface area contributed by atoms with Crippen LogP contribution in [0.4, 0.5) is 11.4 Å². The molecule has 1 aromatic heterocycles. The van der Waals surface area contributed by atoms with Gasteiger partial charge in [0.1, 0.15) is 5.69 Å². The Balaban J connectivity index is 2.17. The van der Waals surface area contributed by atoms with E-state index in [1.165, 1.54) is 6.07 Å². The molecule has 1 aromatic carbocycles. The highest BCUT2D eigenvalue weighted by atomic mass is 79.9. The maximum atomic E-state index is 10.9. The van der Waals surface area contributed by atoms with Gasteiger partial charge in [-0.25, -0.2) is 0 Å². The normalized spacial score (nSPS) is 10.3. The number of aryl methyl sites for hydroxylation is 1. The second-order valence-electron chi connectivity index (χ2n) is 3.71. The van der Waals surface area contributed by atoms with E-state index in [-0.39, 0.29) is 5.69 Å². The van der Waals surface area contributed by atoms with Crippen LogP contribution in [0.25, 0.3) is 0 Å². The molecule has 0 amide bonds. The van der Waals surface area contributed by atoms with Crippen LogP contribution in [0, 0.1) is 17.0 Å². The molecule has 0 unspecified atom stereocenters. The number of hydrogen-bond acceptors (Lipinski definition) is 5. The van der Waals surface area contributed by atoms with Crippen molar-refractivity contribution in [3.63, 3.8) is 0 Å².